The number of aromatic nitrogens is 2. The zero-order chi connectivity index (χ0) is 14.7. The van der Waals surface area contributed by atoms with Crippen molar-refractivity contribution in [2.45, 2.75) is 6.04 Å². The second-order valence-electron chi connectivity index (χ2n) is 4.32. The number of carbonyl (C=O) groups is 2. The number of hydrogen-bond acceptors (Lipinski definition) is 4. The maximum absolute atomic E-state index is 12.0. The van der Waals surface area contributed by atoms with E-state index in [0.717, 1.165) is 0 Å². The lowest BCUT2D eigenvalue weighted by Gasteiger charge is -2.13. The molecule has 2 rings (SSSR count). The summed E-state index contributed by atoms with van der Waals surface area (Å²) < 4.78 is 1.47. The quantitative estimate of drug-likeness (QED) is 0.705. The van der Waals surface area contributed by atoms with Gasteiger partial charge in [-0.15, -0.1) is 0 Å². The number of benzene rings is 1. The van der Waals surface area contributed by atoms with Gasteiger partial charge in [0.25, 0.3) is 5.91 Å². The topological polar surface area (TPSA) is 110 Å². The van der Waals surface area contributed by atoms with Gasteiger partial charge in [-0.05, 0) is 18.2 Å². The van der Waals surface area contributed by atoms with Crippen molar-refractivity contribution in [3.05, 3.63) is 47.8 Å². The van der Waals surface area contributed by atoms with Gasteiger partial charge < -0.3 is 16.2 Å². The third-order valence-electron chi connectivity index (χ3n) is 2.73. The third-order valence-corrected chi connectivity index (χ3v) is 2.73. The molecule has 1 heterocycles. The number of nitrogens with zero attached hydrogens (tertiary/aromatic N) is 2. The first kappa shape index (κ1) is 13.6. The van der Waals surface area contributed by atoms with Gasteiger partial charge in [-0.25, -0.2) is 4.79 Å². The van der Waals surface area contributed by atoms with Crippen LogP contribution in [0.4, 0.5) is 5.69 Å². The number of anilines is 1. The van der Waals surface area contributed by atoms with Crippen LogP contribution in [0.2, 0.25) is 0 Å². The van der Waals surface area contributed by atoms with E-state index in [-0.39, 0.29) is 0 Å². The number of hydrogen-bond donors (Lipinski definition) is 3. The van der Waals surface area contributed by atoms with Crippen molar-refractivity contribution in [2.24, 2.45) is 7.05 Å². The first-order chi connectivity index (χ1) is 9.47. The summed E-state index contributed by atoms with van der Waals surface area (Å²) in [5, 5.41) is 15.5. The van der Waals surface area contributed by atoms with Crippen LogP contribution in [0.3, 0.4) is 0 Å². The van der Waals surface area contributed by atoms with Crippen molar-refractivity contribution in [3.63, 3.8) is 0 Å². The van der Waals surface area contributed by atoms with E-state index in [9.17, 15) is 14.7 Å². The van der Waals surface area contributed by atoms with E-state index in [1.54, 1.807) is 31.4 Å². The van der Waals surface area contributed by atoms with E-state index in [4.69, 9.17) is 5.73 Å². The van der Waals surface area contributed by atoms with Gasteiger partial charge in [-0.2, -0.15) is 5.10 Å². The van der Waals surface area contributed by atoms with Gasteiger partial charge in [0.05, 0.1) is 6.20 Å². The summed E-state index contributed by atoms with van der Waals surface area (Å²) in [5.41, 5.74) is 6.73. The number of nitrogen functional groups attached to an aromatic ring is 1. The highest BCUT2D eigenvalue weighted by atomic mass is 16.4. The average molecular weight is 274 g/mol. The van der Waals surface area contributed by atoms with Gasteiger partial charge >= 0.3 is 5.97 Å². The Labute approximate surface area is 115 Å². The Morgan fingerprint density at radius 3 is 2.75 bits per heavy atom. The molecule has 1 unspecified atom stereocenters. The molecule has 0 aliphatic heterocycles. The lowest BCUT2D eigenvalue weighted by atomic mass is 10.1. The molecule has 104 valence electrons. The Bertz CT molecular complexity index is 651. The highest BCUT2D eigenvalue weighted by Crippen LogP contribution is 2.14. The summed E-state index contributed by atoms with van der Waals surface area (Å²) in [5.74, 6) is -1.66. The zero-order valence-electron chi connectivity index (χ0n) is 10.8. The van der Waals surface area contributed by atoms with Crippen LogP contribution in [0.15, 0.2) is 36.7 Å². The van der Waals surface area contributed by atoms with E-state index < -0.39 is 17.9 Å². The normalized spacial score (nSPS) is 11.8. The molecule has 0 saturated heterocycles. The predicted octanol–water partition coefficient (Wildman–Crippen LogP) is 0.558. The lowest BCUT2D eigenvalue weighted by molar-refractivity contribution is -0.139. The average Bonchev–Trinajstić information content (AvgIpc) is 2.81. The van der Waals surface area contributed by atoms with E-state index in [0.29, 0.717) is 16.8 Å². The second kappa shape index (κ2) is 5.43. The molecule has 0 aliphatic carbocycles. The Hall–Kier alpha value is -2.83. The summed E-state index contributed by atoms with van der Waals surface area (Å²) in [4.78, 5) is 23.3. The van der Waals surface area contributed by atoms with Crippen LogP contribution in [0.5, 0.6) is 0 Å². The predicted molar refractivity (Wildman–Crippen MR) is 71.9 cm³/mol. The number of nitrogens with one attached hydrogen (secondary N) is 1. The van der Waals surface area contributed by atoms with Crippen LogP contribution in [-0.2, 0) is 11.8 Å². The molecular weight excluding hydrogens is 260 g/mol. The molecule has 1 atom stereocenters. The van der Waals surface area contributed by atoms with E-state index >= 15 is 0 Å². The molecule has 0 radical (unpaired) electrons. The van der Waals surface area contributed by atoms with Gasteiger partial charge in [0.2, 0.25) is 0 Å². The Kier molecular flexibility index (Phi) is 3.69. The number of aryl methyl sites for hydroxylation is 1. The van der Waals surface area contributed by atoms with Crippen LogP contribution in [-0.4, -0.2) is 26.8 Å². The molecular formula is C13H14N4O3. The highest BCUT2D eigenvalue weighted by molar-refractivity contribution is 5.97. The van der Waals surface area contributed by atoms with Crippen molar-refractivity contribution >= 4 is 17.6 Å². The SMILES string of the molecule is Cn1cc(C(NC(=O)c2cccc(N)c2)C(=O)O)cn1. The molecule has 7 nitrogen and oxygen atoms in total. The van der Waals surface area contributed by atoms with E-state index in [1.807, 2.05) is 0 Å². The standard InChI is InChI=1S/C13H14N4O3/c1-17-7-9(6-15-17)11(13(19)20)16-12(18)8-3-2-4-10(14)5-8/h2-7,11H,14H2,1H3,(H,16,18)(H,19,20). The number of carboxylic acids is 1. The summed E-state index contributed by atoms with van der Waals surface area (Å²) in [6.07, 6.45) is 2.94. The number of aliphatic carboxylic acids is 1. The molecule has 0 spiro atoms. The van der Waals surface area contributed by atoms with Crippen molar-refractivity contribution in [1.29, 1.82) is 0 Å². The molecule has 0 saturated carbocycles. The summed E-state index contributed by atoms with van der Waals surface area (Å²) >= 11 is 0. The summed E-state index contributed by atoms with van der Waals surface area (Å²) in [6.45, 7) is 0. The molecule has 1 amide bonds. The Morgan fingerprint density at radius 1 is 1.45 bits per heavy atom. The van der Waals surface area contributed by atoms with Crippen molar-refractivity contribution in [1.82, 2.24) is 15.1 Å². The van der Waals surface area contributed by atoms with Crippen LogP contribution in [0.25, 0.3) is 0 Å². The molecule has 2 aromatic rings. The molecule has 0 fully saturated rings. The largest absolute Gasteiger partial charge is 0.479 e. The van der Waals surface area contributed by atoms with Crippen molar-refractivity contribution < 1.29 is 14.7 Å². The maximum atomic E-state index is 12.0. The molecule has 4 N–H and O–H groups in total. The maximum Gasteiger partial charge on any atom is 0.331 e. The zero-order valence-corrected chi connectivity index (χ0v) is 10.8. The van der Waals surface area contributed by atoms with Gasteiger partial charge in [-0.1, -0.05) is 6.07 Å². The molecule has 0 aliphatic rings. The Balaban J connectivity index is 2.21. The molecule has 1 aromatic heterocycles. The number of nitrogens with two attached hydrogens (primary N) is 1. The van der Waals surface area contributed by atoms with Gasteiger partial charge in [0.15, 0.2) is 6.04 Å². The number of carbonyl (C=O) groups excluding carboxylic acids is 1. The molecule has 7 heteroatoms. The minimum atomic E-state index is -1.16. The van der Waals surface area contributed by atoms with Crippen molar-refractivity contribution in [3.8, 4) is 0 Å². The van der Waals surface area contributed by atoms with Crippen molar-refractivity contribution in [2.75, 3.05) is 5.73 Å². The number of carboxylic acid groups (broad SMARTS) is 1. The number of amides is 1. The summed E-state index contributed by atoms with van der Waals surface area (Å²) in [6, 6.07) is 5.17. The monoisotopic (exact) mass is 274 g/mol. The van der Waals surface area contributed by atoms with Crippen LogP contribution >= 0.6 is 0 Å². The van der Waals surface area contributed by atoms with Gasteiger partial charge in [0, 0.05) is 30.1 Å². The van der Waals surface area contributed by atoms with Gasteiger partial charge in [-0.3, -0.25) is 9.48 Å². The molecule has 1 aromatic carbocycles. The highest BCUT2D eigenvalue weighted by Gasteiger charge is 2.24. The second-order valence-corrected chi connectivity index (χ2v) is 4.32. The van der Waals surface area contributed by atoms with E-state index in [2.05, 4.69) is 10.4 Å². The number of rotatable bonds is 4. The smallest absolute Gasteiger partial charge is 0.331 e. The minimum Gasteiger partial charge on any atom is -0.479 e. The fraction of sp³-hybridized carbons (Fsp3) is 0.154. The van der Waals surface area contributed by atoms with Crippen LogP contribution in [0.1, 0.15) is 22.0 Å². The van der Waals surface area contributed by atoms with Crippen LogP contribution < -0.4 is 11.1 Å². The fourth-order valence-corrected chi connectivity index (χ4v) is 1.77. The lowest BCUT2D eigenvalue weighted by Crippen LogP contribution is -2.33. The third kappa shape index (κ3) is 2.94. The molecule has 20 heavy (non-hydrogen) atoms. The van der Waals surface area contributed by atoms with Gasteiger partial charge in [0.1, 0.15) is 0 Å². The van der Waals surface area contributed by atoms with Crippen LogP contribution in [0, 0.1) is 0 Å². The first-order valence-corrected chi connectivity index (χ1v) is 5.85. The Morgan fingerprint density at radius 2 is 2.20 bits per heavy atom. The van der Waals surface area contributed by atoms with E-state index in [1.165, 1.54) is 16.9 Å². The minimum absolute atomic E-state index is 0.306. The summed E-state index contributed by atoms with van der Waals surface area (Å²) in [7, 11) is 1.67. The first-order valence-electron chi connectivity index (χ1n) is 5.85. The fourth-order valence-electron chi connectivity index (χ4n) is 1.77. The molecule has 0 bridgehead atoms.